The lowest BCUT2D eigenvalue weighted by Gasteiger charge is -2.14. The van der Waals surface area contributed by atoms with Crippen molar-refractivity contribution in [2.45, 2.75) is 0 Å². The minimum atomic E-state index is -0.348. The number of amides is 1. The third kappa shape index (κ3) is 3.66. The van der Waals surface area contributed by atoms with Crippen molar-refractivity contribution < 1.29 is 4.79 Å². The highest BCUT2D eigenvalue weighted by atomic mass is 79.9. The smallest absolute Gasteiger partial charge is 0.272 e. The van der Waals surface area contributed by atoms with Gasteiger partial charge in [0.2, 0.25) is 0 Å². The van der Waals surface area contributed by atoms with E-state index >= 15 is 0 Å². The first-order chi connectivity index (χ1) is 13.5. The highest BCUT2D eigenvalue weighted by Gasteiger charge is 2.18. The Hall–Kier alpha value is -2.70. The summed E-state index contributed by atoms with van der Waals surface area (Å²) in [5.41, 5.74) is 2.59. The molecule has 0 aliphatic rings. The van der Waals surface area contributed by atoms with Crippen molar-refractivity contribution in [2.24, 2.45) is 0 Å². The Balaban J connectivity index is 1.92. The number of carbonyl (C=O) groups is 1. The van der Waals surface area contributed by atoms with Gasteiger partial charge in [-0.1, -0.05) is 62.2 Å². The first-order valence-corrected chi connectivity index (χ1v) is 10.1. The Morgan fingerprint density at radius 2 is 1.54 bits per heavy atom. The molecule has 6 heteroatoms. The molecular formula is C22H14Br2N2O2. The van der Waals surface area contributed by atoms with Crippen LogP contribution in [0, 0.1) is 0 Å². The van der Waals surface area contributed by atoms with E-state index in [1.54, 1.807) is 24.3 Å². The number of aromatic nitrogens is 1. The zero-order valence-electron chi connectivity index (χ0n) is 14.5. The second kappa shape index (κ2) is 7.73. The van der Waals surface area contributed by atoms with Gasteiger partial charge in [0.25, 0.3) is 11.5 Å². The Morgan fingerprint density at radius 3 is 2.25 bits per heavy atom. The highest BCUT2D eigenvalue weighted by Crippen LogP contribution is 2.34. The van der Waals surface area contributed by atoms with Crippen LogP contribution in [-0.4, -0.2) is 10.9 Å². The van der Waals surface area contributed by atoms with E-state index in [2.05, 4.69) is 42.2 Å². The van der Waals surface area contributed by atoms with Gasteiger partial charge in [-0.2, -0.15) is 0 Å². The quantitative estimate of drug-likeness (QED) is 0.366. The van der Waals surface area contributed by atoms with Gasteiger partial charge in [0.15, 0.2) is 0 Å². The molecule has 1 heterocycles. The summed E-state index contributed by atoms with van der Waals surface area (Å²) in [7, 11) is 0. The molecular weight excluding hydrogens is 484 g/mol. The van der Waals surface area contributed by atoms with Crippen LogP contribution >= 0.6 is 31.9 Å². The molecule has 0 fully saturated rings. The van der Waals surface area contributed by atoms with Crippen molar-refractivity contribution in [1.82, 2.24) is 4.98 Å². The zero-order chi connectivity index (χ0) is 19.7. The molecule has 0 saturated carbocycles. The maximum absolute atomic E-state index is 12.8. The molecule has 0 spiro atoms. The van der Waals surface area contributed by atoms with Crippen molar-refractivity contribution >= 4 is 54.4 Å². The number of pyridine rings is 1. The number of halogens is 2. The second-order valence-electron chi connectivity index (χ2n) is 6.22. The Labute approximate surface area is 177 Å². The molecule has 28 heavy (non-hydrogen) atoms. The van der Waals surface area contributed by atoms with Gasteiger partial charge in [-0.05, 0) is 48.0 Å². The first kappa shape index (κ1) is 18.7. The summed E-state index contributed by atoms with van der Waals surface area (Å²) in [6, 6.07) is 22.2. The van der Waals surface area contributed by atoms with Crippen LogP contribution in [0.1, 0.15) is 10.4 Å². The lowest BCUT2D eigenvalue weighted by molar-refractivity contribution is 0.102. The predicted molar refractivity (Wildman–Crippen MR) is 120 cm³/mol. The van der Waals surface area contributed by atoms with E-state index in [4.69, 9.17) is 0 Å². The third-order valence-corrected chi connectivity index (χ3v) is 5.41. The van der Waals surface area contributed by atoms with E-state index < -0.39 is 0 Å². The highest BCUT2D eigenvalue weighted by molar-refractivity contribution is 9.10. The van der Waals surface area contributed by atoms with E-state index in [1.165, 1.54) is 0 Å². The molecule has 4 nitrogen and oxygen atoms in total. The van der Waals surface area contributed by atoms with E-state index in [-0.39, 0.29) is 17.2 Å². The average Bonchev–Trinajstić information content (AvgIpc) is 2.70. The predicted octanol–water partition coefficient (Wildman–Crippen LogP) is 5.97. The van der Waals surface area contributed by atoms with Gasteiger partial charge < -0.3 is 10.3 Å². The Kier molecular flexibility index (Phi) is 5.15. The normalized spacial score (nSPS) is 10.8. The number of benzene rings is 3. The summed E-state index contributed by atoms with van der Waals surface area (Å²) in [4.78, 5) is 28.5. The molecule has 3 aromatic carbocycles. The average molecular weight is 498 g/mol. The molecule has 1 amide bonds. The molecule has 0 saturated heterocycles. The molecule has 138 valence electrons. The van der Waals surface area contributed by atoms with Gasteiger partial charge >= 0.3 is 0 Å². The molecule has 4 aromatic rings. The van der Waals surface area contributed by atoms with Crippen LogP contribution in [0.3, 0.4) is 0 Å². The van der Waals surface area contributed by atoms with Gasteiger partial charge in [0.1, 0.15) is 5.69 Å². The van der Waals surface area contributed by atoms with Crippen molar-refractivity contribution in [3.05, 3.63) is 97.7 Å². The topological polar surface area (TPSA) is 62.0 Å². The molecule has 0 bridgehead atoms. The number of hydrogen-bond acceptors (Lipinski definition) is 2. The summed E-state index contributed by atoms with van der Waals surface area (Å²) in [5.74, 6) is -0.343. The van der Waals surface area contributed by atoms with Gasteiger partial charge in [0, 0.05) is 31.0 Å². The minimum Gasteiger partial charge on any atom is -0.320 e. The minimum absolute atomic E-state index is 0.227. The standard InChI is InChI=1S/C22H14Br2N2O2/c23-15-8-6-14(7-9-15)21(27)26-20-19(13-4-2-1-3-5-13)17-12-16(24)10-11-18(17)25-22(20)28/h1-12H,(H,25,28)(H,26,27). The fraction of sp³-hybridized carbons (Fsp3) is 0. The van der Waals surface area contributed by atoms with E-state index in [1.807, 2.05) is 48.5 Å². The fourth-order valence-corrected chi connectivity index (χ4v) is 3.70. The summed E-state index contributed by atoms with van der Waals surface area (Å²) in [6.07, 6.45) is 0. The number of fused-ring (bicyclic) bond motifs is 1. The van der Waals surface area contributed by atoms with Gasteiger partial charge in [-0.3, -0.25) is 9.59 Å². The van der Waals surface area contributed by atoms with E-state index in [0.29, 0.717) is 16.6 Å². The molecule has 0 atom stereocenters. The third-order valence-electron chi connectivity index (χ3n) is 4.38. The van der Waals surface area contributed by atoms with Crippen LogP contribution in [0.2, 0.25) is 0 Å². The van der Waals surface area contributed by atoms with Crippen LogP contribution in [0.15, 0.2) is 86.5 Å². The largest absolute Gasteiger partial charge is 0.320 e. The summed E-state index contributed by atoms with van der Waals surface area (Å²) >= 11 is 6.85. The van der Waals surface area contributed by atoms with Crippen LogP contribution in [0.5, 0.6) is 0 Å². The number of anilines is 1. The zero-order valence-corrected chi connectivity index (χ0v) is 17.7. The first-order valence-electron chi connectivity index (χ1n) is 8.51. The van der Waals surface area contributed by atoms with E-state index in [0.717, 1.165) is 19.9 Å². The second-order valence-corrected chi connectivity index (χ2v) is 8.05. The Morgan fingerprint density at radius 1 is 0.857 bits per heavy atom. The molecule has 0 radical (unpaired) electrons. The summed E-state index contributed by atoms with van der Waals surface area (Å²) < 4.78 is 1.76. The SMILES string of the molecule is O=C(Nc1c(-c2ccccc2)c2cc(Br)ccc2[nH]c1=O)c1ccc(Br)cc1. The fourth-order valence-electron chi connectivity index (χ4n) is 3.08. The van der Waals surface area contributed by atoms with Crippen LogP contribution in [0.4, 0.5) is 5.69 Å². The van der Waals surface area contributed by atoms with Gasteiger partial charge in [-0.15, -0.1) is 0 Å². The van der Waals surface area contributed by atoms with Gasteiger partial charge in [0.05, 0.1) is 0 Å². The maximum Gasteiger partial charge on any atom is 0.272 e. The number of rotatable bonds is 3. The molecule has 0 aliphatic carbocycles. The van der Waals surface area contributed by atoms with Crippen LogP contribution < -0.4 is 10.9 Å². The molecule has 0 aliphatic heterocycles. The monoisotopic (exact) mass is 496 g/mol. The number of H-pyrrole nitrogens is 1. The van der Waals surface area contributed by atoms with Gasteiger partial charge in [-0.25, -0.2) is 0 Å². The maximum atomic E-state index is 12.8. The molecule has 0 unspecified atom stereocenters. The van der Waals surface area contributed by atoms with E-state index in [9.17, 15) is 9.59 Å². The molecule has 1 aromatic heterocycles. The number of carbonyl (C=O) groups excluding carboxylic acids is 1. The van der Waals surface area contributed by atoms with Crippen molar-refractivity contribution in [1.29, 1.82) is 0 Å². The Bertz CT molecular complexity index is 1230. The van der Waals surface area contributed by atoms with Crippen molar-refractivity contribution in [2.75, 3.05) is 5.32 Å². The molecule has 4 rings (SSSR count). The lowest BCUT2D eigenvalue weighted by Crippen LogP contribution is -2.21. The molecule has 2 N–H and O–H groups in total. The number of aromatic amines is 1. The van der Waals surface area contributed by atoms with Crippen LogP contribution in [-0.2, 0) is 0 Å². The summed E-state index contributed by atoms with van der Waals surface area (Å²) in [5, 5.41) is 3.65. The van der Waals surface area contributed by atoms with Crippen LogP contribution in [0.25, 0.3) is 22.0 Å². The van der Waals surface area contributed by atoms with Crippen molar-refractivity contribution in [3.63, 3.8) is 0 Å². The van der Waals surface area contributed by atoms with Crippen molar-refractivity contribution in [3.8, 4) is 11.1 Å². The number of nitrogens with one attached hydrogen (secondary N) is 2. The number of hydrogen-bond donors (Lipinski definition) is 2. The summed E-state index contributed by atoms with van der Waals surface area (Å²) in [6.45, 7) is 0. The lowest BCUT2D eigenvalue weighted by atomic mass is 9.99.